The molecule has 0 heteroatoms. The minimum atomic E-state index is -0.164. The van der Waals surface area contributed by atoms with Gasteiger partial charge < -0.3 is 0 Å². The van der Waals surface area contributed by atoms with Crippen LogP contribution in [0.5, 0.6) is 0 Å². The van der Waals surface area contributed by atoms with E-state index in [1.165, 1.54) is 87.6 Å². The molecule has 190 valence electrons. The lowest BCUT2D eigenvalue weighted by atomic mass is 9.71. The fourth-order valence-electron chi connectivity index (χ4n) is 8.62. The first-order chi connectivity index (χ1) is 19.4. The van der Waals surface area contributed by atoms with Crippen LogP contribution in [0.15, 0.2) is 109 Å². The lowest BCUT2D eigenvalue weighted by molar-refractivity contribution is 0.604. The highest BCUT2D eigenvalue weighted by atomic mass is 14.5. The van der Waals surface area contributed by atoms with E-state index in [4.69, 9.17) is 0 Å². The van der Waals surface area contributed by atoms with Crippen LogP contribution in [0, 0.1) is 0 Å². The first kappa shape index (κ1) is 22.4. The minimum Gasteiger partial charge on any atom is -0.0619 e. The summed E-state index contributed by atoms with van der Waals surface area (Å²) in [6.45, 7) is 9.82. The van der Waals surface area contributed by atoms with Gasteiger partial charge in [0.25, 0.3) is 0 Å². The zero-order chi connectivity index (χ0) is 27.0. The fraction of sp³-hybridized carbons (Fsp3) is 0.150. The van der Waals surface area contributed by atoms with Crippen molar-refractivity contribution in [3.63, 3.8) is 0 Å². The summed E-state index contributed by atoms with van der Waals surface area (Å²) in [7, 11) is 0. The Kier molecular flexibility index (Phi) is 4.03. The van der Waals surface area contributed by atoms with E-state index in [0.717, 1.165) is 0 Å². The largest absolute Gasteiger partial charge is 0.0619 e. The maximum atomic E-state index is 2.48. The second kappa shape index (κ2) is 7.20. The monoisotopic (exact) mass is 510 g/mol. The molecule has 9 rings (SSSR count). The normalized spacial score (nSPS) is 15.9. The Morgan fingerprint density at radius 3 is 1.50 bits per heavy atom. The Labute approximate surface area is 234 Å². The van der Waals surface area contributed by atoms with Crippen molar-refractivity contribution in [2.24, 2.45) is 0 Å². The molecule has 2 aliphatic carbocycles. The molecule has 0 amide bonds. The van der Waals surface area contributed by atoms with Gasteiger partial charge in [-0.15, -0.1) is 0 Å². The average molecular weight is 511 g/mol. The highest BCUT2D eigenvalue weighted by Crippen LogP contribution is 2.62. The Bertz CT molecular complexity index is 2260. The summed E-state index contributed by atoms with van der Waals surface area (Å²) >= 11 is 0. The highest BCUT2D eigenvalue weighted by Gasteiger charge is 2.47. The molecule has 0 aromatic heterocycles. The molecule has 7 aromatic carbocycles. The summed E-state index contributed by atoms with van der Waals surface area (Å²) in [5.41, 5.74) is 11.4. The van der Waals surface area contributed by atoms with Gasteiger partial charge in [0.1, 0.15) is 0 Å². The summed E-state index contributed by atoms with van der Waals surface area (Å²) in [5, 5.41) is 10.9. The predicted octanol–water partition coefficient (Wildman–Crippen LogP) is 10.9. The number of hydrogen-bond donors (Lipinski definition) is 0. The van der Waals surface area contributed by atoms with Crippen molar-refractivity contribution < 1.29 is 0 Å². The number of rotatable bonds is 0. The summed E-state index contributed by atoms with van der Waals surface area (Å²) < 4.78 is 0. The third kappa shape index (κ3) is 2.45. The van der Waals surface area contributed by atoms with E-state index in [2.05, 4.69) is 137 Å². The molecule has 0 bridgehead atoms. The van der Waals surface area contributed by atoms with E-state index in [0.29, 0.717) is 0 Å². The molecular weight excluding hydrogens is 480 g/mol. The van der Waals surface area contributed by atoms with Gasteiger partial charge in [-0.1, -0.05) is 137 Å². The lowest BCUT2D eigenvalue weighted by Gasteiger charge is -2.31. The molecule has 7 aromatic rings. The van der Waals surface area contributed by atoms with Crippen LogP contribution in [0.25, 0.3) is 65.3 Å². The van der Waals surface area contributed by atoms with Crippen LogP contribution in [0.3, 0.4) is 0 Å². The lowest BCUT2D eigenvalue weighted by Crippen LogP contribution is -2.24. The Hall–Kier alpha value is -4.42. The second-order valence-corrected chi connectivity index (χ2v) is 12.8. The number of hydrogen-bond acceptors (Lipinski definition) is 0. The van der Waals surface area contributed by atoms with Crippen LogP contribution in [0.1, 0.15) is 49.9 Å². The van der Waals surface area contributed by atoms with Crippen molar-refractivity contribution >= 4 is 43.1 Å². The topological polar surface area (TPSA) is 0 Å². The smallest absolute Gasteiger partial charge is 0.0168 e. The summed E-state index contributed by atoms with van der Waals surface area (Å²) in [6, 6.07) is 41.1. The molecule has 0 nitrogen and oxygen atoms in total. The molecular formula is C40H30. The van der Waals surface area contributed by atoms with Crippen LogP contribution in [0.4, 0.5) is 0 Å². The van der Waals surface area contributed by atoms with Crippen molar-refractivity contribution in [1.82, 2.24) is 0 Å². The first-order valence-corrected chi connectivity index (χ1v) is 14.5. The average Bonchev–Trinajstić information content (AvgIpc) is 3.37. The Morgan fingerprint density at radius 2 is 0.825 bits per heavy atom. The van der Waals surface area contributed by atoms with E-state index >= 15 is 0 Å². The minimum absolute atomic E-state index is 0.0586. The van der Waals surface area contributed by atoms with Crippen molar-refractivity contribution in [2.45, 2.75) is 38.5 Å². The molecule has 0 radical (unpaired) electrons. The van der Waals surface area contributed by atoms with Crippen molar-refractivity contribution in [1.29, 1.82) is 0 Å². The van der Waals surface area contributed by atoms with Gasteiger partial charge in [0.15, 0.2) is 0 Å². The van der Waals surface area contributed by atoms with E-state index in [9.17, 15) is 0 Å². The van der Waals surface area contributed by atoms with Gasteiger partial charge in [0, 0.05) is 10.8 Å². The Morgan fingerprint density at radius 1 is 0.350 bits per heavy atom. The van der Waals surface area contributed by atoms with Crippen LogP contribution in [0.2, 0.25) is 0 Å². The molecule has 0 saturated carbocycles. The van der Waals surface area contributed by atoms with Crippen molar-refractivity contribution in [2.75, 3.05) is 0 Å². The van der Waals surface area contributed by atoms with Gasteiger partial charge in [-0.25, -0.2) is 0 Å². The van der Waals surface area contributed by atoms with Crippen LogP contribution in [-0.2, 0) is 10.8 Å². The SMILES string of the molecule is CC1(C)c2ccccc2-c2ccc3c(c21)C(C)(C)c1c-3c2ccccc2c2c3ccccc3c3ccccc3c12. The van der Waals surface area contributed by atoms with Crippen LogP contribution < -0.4 is 0 Å². The van der Waals surface area contributed by atoms with Gasteiger partial charge >= 0.3 is 0 Å². The zero-order valence-corrected chi connectivity index (χ0v) is 23.4. The summed E-state index contributed by atoms with van der Waals surface area (Å²) in [4.78, 5) is 0. The molecule has 0 saturated heterocycles. The van der Waals surface area contributed by atoms with E-state index in [-0.39, 0.29) is 10.8 Å². The van der Waals surface area contributed by atoms with Gasteiger partial charge in [-0.2, -0.15) is 0 Å². The standard InChI is InChI=1S/C40H30/c1-39(2)32-20-12-11-15-25(32)30-21-22-31-34-29-19-10-9-18-28(29)33-26-16-7-5-13-23(26)24-14-6-8-17-27(24)35(33)38(34)40(3,4)37(31)36(30)39/h5-22H,1-4H3. The maximum absolute atomic E-state index is 2.48. The molecule has 2 aliphatic rings. The first-order valence-electron chi connectivity index (χ1n) is 14.5. The van der Waals surface area contributed by atoms with Gasteiger partial charge in [-0.3, -0.25) is 0 Å². The second-order valence-electron chi connectivity index (χ2n) is 12.8. The van der Waals surface area contributed by atoms with Gasteiger partial charge in [-0.05, 0) is 87.6 Å². The van der Waals surface area contributed by atoms with Gasteiger partial charge in [0.2, 0.25) is 0 Å². The van der Waals surface area contributed by atoms with Crippen LogP contribution >= 0.6 is 0 Å². The molecule has 40 heavy (non-hydrogen) atoms. The molecule has 0 heterocycles. The maximum Gasteiger partial charge on any atom is 0.0168 e. The quantitative estimate of drug-likeness (QED) is 0.178. The third-order valence-corrected chi connectivity index (χ3v) is 10.1. The Balaban J connectivity index is 1.55. The van der Waals surface area contributed by atoms with E-state index in [1.807, 2.05) is 0 Å². The molecule has 0 fully saturated rings. The van der Waals surface area contributed by atoms with E-state index in [1.54, 1.807) is 0 Å². The summed E-state index contributed by atoms with van der Waals surface area (Å²) in [6.07, 6.45) is 0. The highest BCUT2D eigenvalue weighted by molar-refractivity contribution is 6.35. The summed E-state index contributed by atoms with van der Waals surface area (Å²) in [5.74, 6) is 0. The molecule has 0 atom stereocenters. The molecule has 0 N–H and O–H groups in total. The molecule has 0 unspecified atom stereocenters. The van der Waals surface area contributed by atoms with Crippen molar-refractivity contribution in [3.8, 4) is 22.3 Å². The zero-order valence-electron chi connectivity index (χ0n) is 23.4. The third-order valence-electron chi connectivity index (χ3n) is 10.1. The molecule has 0 aliphatic heterocycles. The fourth-order valence-corrected chi connectivity index (χ4v) is 8.62. The number of benzene rings is 7. The predicted molar refractivity (Wildman–Crippen MR) is 172 cm³/mol. The van der Waals surface area contributed by atoms with Gasteiger partial charge in [0.05, 0.1) is 0 Å². The van der Waals surface area contributed by atoms with Crippen molar-refractivity contribution in [3.05, 3.63) is 131 Å². The van der Waals surface area contributed by atoms with Crippen LogP contribution in [-0.4, -0.2) is 0 Å². The molecule has 0 spiro atoms. The van der Waals surface area contributed by atoms with E-state index < -0.39 is 0 Å². The number of fused-ring (bicyclic) bond motifs is 17.